The molecule has 1 aliphatic carbocycles. The molecule has 90 valence electrons. The van der Waals surface area contributed by atoms with Gasteiger partial charge in [-0.1, -0.05) is 0 Å². The smallest absolute Gasteiger partial charge is 0.137 e. The van der Waals surface area contributed by atoms with Crippen LogP contribution in [0.1, 0.15) is 35.1 Å². The van der Waals surface area contributed by atoms with Crippen LogP contribution in [-0.2, 0) is 19.3 Å². The molecule has 0 N–H and O–H groups in total. The molecule has 0 aromatic heterocycles. The van der Waals surface area contributed by atoms with Gasteiger partial charge in [-0.15, -0.1) is 0 Å². The Hall–Kier alpha value is -1.01. The minimum Gasteiger partial charge on any atom is -0.495 e. The Kier molecular flexibility index (Phi) is 3.73. The third kappa shape index (κ3) is 2.07. The van der Waals surface area contributed by atoms with E-state index in [1.165, 1.54) is 29.5 Å². The molecule has 0 saturated carbocycles. The van der Waals surface area contributed by atoms with Gasteiger partial charge in [-0.25, -0.2) is 0 Å². The summed E-state index contributed by atoms with van der Waals surface area (Å²) in [6.07, 6.45) is 5.15. The van der Waals surface area contributed by atoms with Gasteiger partial charge in [0.25, 0.3) is 0 Å². The maximum absolute atomic E-state index is 8.94. The minimum atomic E-state index is 0.418. The molecule has 0 heterocycles. The lowest BCUT2D eigenvalue weighted by molar-refractivity contribution is 0.406. The summed E-state index contributed by atoms with van der Waals surface area (Å²) in [4.78, 5) is 0. The second-order valence-electron chi connectivity index (χ2n) is 4.45. The van der Waals surface area contributed by atoms with E-state index in [2.05, 4.69) is 28.9 Å². The van der Waals surface area contributed by atoms with Crippen molar-refractivity contribution in [1.82, 2.24) is 0 Å². The Balaban J connectivity index is 2.68. The molecule has 0 atom stereocenters. The van der Waals surface area contributed by atoms with Crippen LogP contribution in [0.15, 0.2) is 4.47 Å². The van der Waals surface area contributed by atoms with Gasteiger partial charge in [-0.2, -0.15) is 5.26 Å². The van der Waals surface area contributed by atoms with E-state index < -0.39 is 0 Å². The van der Waals surface area contributed by atoms with Gasteiger partial charge < -0.3 is 4.74 Å². The fraction of sp³-hybridized carbons (Fsp3) is 0.500. The number of hydrogen-bond acceptors (Lipinski definition) is 2. The molecule has 0 amide bonds. The van der Waals surface area contributed by atoms with Crippen LogP contribution in [0, 0.1) is 18.3 Å². The van der Waals surface area contributed by atoms with E-state index in [4.69, 9.17) is 10.00 Å². The van der Waals surface area contributed by atoms with Crippen LogP contribution in [0.3, 0.4) is 0 Å². The maximum Gasteiger partial charge on any atom is 0.137 e. The van der Waals surface area contributed by atoms with Crippen LogP contribution >= 0.6 is 15.9 Å². The number of methoxy groups -OCH3 is 1. The van der Waals surface area contributed by atoms with Crippen LogP contribution in [0.2, 0.25) is 0 Å². The summed E-state index contributed by atoms with van der Waals surface area (Å²) in [6, 6.07) is 2.23. The third-order valence-electron chi connectivity index (χ3n) is 3.57. The summed E-state index contributed by atoms with van der Waals surface area (Å²) in [5, 5.41) is 8.94. The number of halogens is 1. The van der Waals surface area contributed by atoms with Crippen LogP contribution in [0.5, 0.6) is 5.75 Å². The standard InChI is InChI=1S/C14H16BrNO/c1-9-10-5-3-4-6-12(10)13(15)14(17-2)11(9)7-8-16/h3-7H2,1-2H3. The Morgan fingerprint density at radius 1 is 1.29 bits per heavy atom. The van der Waals surface area contributed by atoms with Gasteiger partial charge in [0.05, 0.1) is 24.1 Å². The quantitative estimate of drug-likeness (QED) is 0.833. The molecule has 1 aromatic rings. The normalized spacial score (nSPS) is 14.0. The highest BCUT2D eigenvalue weighted by Crippen LogP contribution is 2.41. The second-order valence-corrected chi connectivity index (χ2v) is 5.24. The Morgan fingerprint density at radius 3 is 2.53 bits per heavy atom. The van der Waals surface area contributed by atoms with Crippen molar-refractivity contribution < 1.29 is 4.74 Å². The van der Waals surface area contributed by atoms with Crippen molar-refractivity contribution >= 4 is 15.9 Å². The molecule has 1 aliphatic rings. The number of hydrogen-bond donors (Lipinski definition) is 0. The lowest BCUT2D eigenvalue weighted by Gasteiger charge is -2.24. The van der Waals surface area contributed by atoms with Crippen LogP contribution in [0.4, 0.5) is 0 Å². The highest BCUT2D eigenvalue weighted by Gasteiger charge is 2.22. The number of nitriles is 1. The van der Waals surface area contributed by atoms with E-state index in [0.29, 0.717) is 6.42 Å². The van der Waals surface area contributed by atoms with Crippen molar-refractivity contribution in [2.45, 2.75) is 39.0 Å². The van der Waals surface area contributed by atoms with Gasteiger partial charge in [0.2, 0.25) is 0 Å². The molecule has 17 heavy (non-hydrogen) atoms. The van der Waals surface area contributed by atoms with Gasteiger partial charge in [-0.3, -0.25) is 0 Å². The first-order chi connectivity index (χ1) is 8.20. The van der Waals surface area contributed by atoms with E-state index in [0.717, 1.165) is 28.6 Å². The Bertz CT molecular complexity index is 488. The molecular weight excluding hydrogens is 278 g/mol. The predicted octanol–water partition coefficient (Wildman–Crippen LogP) is 3.71. The number of fused-ring (bicyclic) bond motifs is 1. The summed E-state index contributed by atoms with van der Waals surface area (Å²) < 4.78 is 6.54. The molecule has 0 unspecified atom stereocenters. The van der Waals surface area contributed by atoms with Crippen molar-refractivity contribution in [3.05, 3.63) is 26.7 Å². The number of ether oxygens (including phenoxy) is 1. The monoisotopic (exact) mass is 293 g/mol. The lowest BCUT2D eigenvalue weighted by Crippen LogP contribution is -2.10. The average molecular weight is 294 g/mol. The second kappa shape index (κ2) is 5.10. The van der Waals surface area contributed by atoms with E-state index in [-0.39, 0.29) is 0 Å². The molecule has 0 aliphatic heterocycles. The van der Waals surface area contributed by atoms with E-state index in [1.807, 2.05) is 0 Å². The van der Waals surface area contributed by atoms with E-state index in [1.54, 1.807) is 7.11 Å². The average Bonchev–Trinajstić information content (AvgIpc) is 2.36. The largest absolute Gasteiger partial charge is 0.495 e. The van der Waals surface area contributed by atoms with Gasteiger partial charge in [0, 0.05) is 5.56 Å². The SMILES string of the molecule is COc1c(Br)c2c(c(C)c1CC#N)CCCC2. The summed E-state index contributed by atoms with van der Waals surface area (Å²) >= 11 is 3.65. The van der Waals surface area contributed by atoms with Crippen LogP contribution in [-0.4, -0.2) is 7.11 Å². The van der Waals surface area contributed by atoms with Gasteiger partial charge in [0.1, 0.15) is 5.75 Å². The highest BCUT2D eigenvalue weighted by molar-refractivity contribution is 9.10. The van der Waals surface area contributed by atoms with E-state index in [9.17, 15) is 0 Å². The lowest BCUT2D eigenvalue weighted by atomic mass is 9.85. The fourth-order valence-corrected chi connectivity index (χ4v) is 3.53. The molecule has 3 heteroatoms. The van der Waals surface area contributed by atoms with Crippen LogP contribution < -0.4 is 4.74 Å². The van der Waals surface area contributed by atoms with Gasteiger partial charge in [-0.05, 0) is 65.2 Å². The van der Waals surface area contributed by atoms with Gasteiger partial charge >= 0.3 is 0 Å². The molecule has 0 radical (unpaired) electrons. The van der Waals surface area contributed by atoms with Crippen molar-refractivity contribution in [2.24, 2.45) is 0 Å². The molecule has 0 bridgehead atoms. The topological polar surface area (TPSA) is 33.0 Å². The number of nitrogens with zero attached hydrogens (tertiary/aromatic N) is 1. The number of rotatable bonds is 2. The van der Waals surface area contributed by atoms with E-state index >= 15 is 0 Å². The zero-order valence-electron chi connectivity index (χ0n) is 10.3. The number of benzene rings is 1. The summed E-state index contributed by atoms with van der Waals surface area (Å²) in [5.74, 6) is 0.852. The molecule has 0 fully saturated rings. The third-order valence-corrected chi connectivity index (χ3v) is 4.41. The molecule has 0 saturated heterocycles. The minimum absolute atomic E-state index is 0.418. The van der Waals surface area contributed by atoms with Gasteiger partial charge in [0.15, 0.2) is 0 Å². The summed E-state index contributed by atoms with van der Waals surface area (Å²) in [7, 11) is 1.68. The zero-order valence-corrected chi connectivity index (χ0v) is 11.9. The van der Waals surface area contributed by atoms with Crippen molar-refractivity contribution in [3.8, 4) is 11.8 Å². The zero-order chi connectivity index (χ0) is 12.4. The van der Waals surface area contributed by atoms with Crippen molar-refractivity contribution in [3.63, 3.8) is 0 Å². The Morgan fingerprint density at radius 2 is 1.94 bits per heavy atom. The molecular formula is C14H16BrNO. The summed E-state index contributed by atoms with van der Waals surface area (Å²) in [6.45, 7) is 2.12. The molecule has 2 nitrogen and oxygen atoms in total. The van der Waals surface area contributed by atoms with Crippen molar-refractivity contribution in [2.75, 3.05) is 7.11 Å². The highest BCUT2D eigenvalue weighted by atomic mass is 79.9. The maximum atomic E-state index is 8.94. The molecule has 0 spiro atoms. The molecule has 1 aromatic carbocycles. The fourth-order valence-electron chi connectivity index (χ4n) is 2.69. The summed E-state index contributed by atoms with van der Waals surface area (Å²) in [5.41, 5.74) is 5.10. The molecule has 2 rings (SSSR count). The first kappa shape index (κ1) is 12.4. The first-order valence-electron chi connectivity index (χ1n) is 5.94. The predicted molar refractivity (Wildman–Crippen MR) is 71.4 cm³/mol. The van der Waals surface area contributed by atoms with Crippen molar-refractivity contribution in [1.29, 1.82) is 5.26 Å². The first-order valence-corrected chi connectivity index (χ1v) is 6.73. The Labute approximate surface area is 111 Å². The van der Waals surface area contributed by atoms with Crippen LogP contribution in [0.25, 0.3) is 0 Å².